The second kappa shape index (κ2) is 13.3. The number of furan rings is 1. The SMILES string of the molecule is CN=C(NCCCOc1ccccc1)NCc1ccc(NC(=O)c2ccco2)cc1.I. The molecule has 0 aliphatic heterocycles. The summed E-state index contributed by atoms with van der Waals surface area (Å²) in [6.45, 7) is 2.01. The number of carbonyl (C=O) groups is 1. The Morgan fingerprint density at radius 3 is 2.45 bits per heavy atom. The molecule has 3 N–H and O–H groups in total. The van der Waals surface area contributed by atoms with Gasteiger partial charge in [0, 0.05) is 25.8 Å². The van der Waals surface area contributed by atoms with Crippen molar-refractivity contribution in [2.75, 3.05) is 25.5 Å². The van der Waals surface area contributed by atoms with Crippen LogP contribution in [0.4, 0.5) is 5.69 Å². The van der Waals surface area contributed by atoms with Crippen molar-refractivity contribution < 1.29 is 13.9 Å². The molecule has 1 heterocycles. The molecule has 1 aromatic heterocycles. The van der Waals surface area contributed by atoms with Gasteiger partial charge in [-0.25, -0.2) is 0 Å². The normalized spacial score (nSPS) is 10.7. The molecule has 0 spiro atoms. The summed E-state index contributed by atoms with van der Waals surface area (Å²) in [6.07, 6.45) is 2.33. The smallest absolute Gasteiger partial charge is 0.291 e. The zero-order valence-electron chi connectivity index (χ0n) is 17.3. The lowest BCUT2D eigenvalue weighted by Gasteiger charge is -2.12. The maximum atomic E-state index is 12.0. The Bertz CT molecular complexity index is 929. The number of carbonyl (C=O) groups excluding carboxylic acids is 1. The van der Waals surface area contributed by atoms with E-state index in [9.17, 15) is 4.79 Å². The van der Waals surface area contributed by atoms with Crippen molar-refractivity contribution in [3.05, 3.63) is 84.3 Å². The van der Waals surface area contributed by atoms with Crippen LogP contribution < -0.4 is 20.7 Å². The Morgan fingerprint density at radius 2 is 1.77 bits per heavy atom. The van der Waals surface area contributed by atoms with Crippen molar-refractivity contribution in [2.45, 2.75) is 13.0 Å². The number of para-hydroxylation sites is 1. The van der Waals surface area contributed by atoms with Gasteiger partial charge in [-0.2, -0.15) is 0 Å². The Hall–Kier alpha value is -3.01. The third-order valence-corrected chi connectivity index (χ3v) is 4.27. The average Bonchev–Trinajstić information content (AvgIpc) is 3.32. The van der Waals surface area contributed by atoms with Gasteiger partial charge in [-0.3, -0.25) is 9.79 Å². The minimum Gasteiger partial charge on any atom is -0.494 e. The van der Waals surface area contributed by atoms with Crippen LogP contribution >= 0.6 is 24.0 Å². The van der Waals surface area contributed by atoms with Crippen LogP contribution in [-0.4, -0.2) is 32.1 Å². The summed E-state index contributed by atoms with van der Waals surface area (Å²) in [6, 6.07) is 20.7. The quantitative estimate of drug-likeness (QED) is 0.165. The fraction of sp³-hybridized carbons (Fsp3) is 0.217. The number of hydrogen-bond donors (Lipinski definition) is 3. The first-order chi connectivity index (χ1) is 14.7. The van der Waals surface area contributed by atoms with E-state index in [0.29, 0.717) is 18.8 Å². The van der Waals surface area contributed by atoms with E-state index >= 15 is 0 Å². The number of aliphatic imine (C=N–C) groups is 1. The van der Waals surface area contributed by atoms with Gasteiger partial charge < -0.3 is 25.1 Å². The molecule has 0 saturated carbocycles. The van der Waals surface area contributed by atoms with Gasteiger partial charge in [0.1, 0.15) is 5.75 Å². The standard InChI is InChI=1S/C23H26N4O3.HI/c1-24-23(25-14-6-16-29-20-7-3-2-4-8-20)26-17-18-10-12-19(13-11-18)27-22(28)21-9-5-15-30-21;/h2-5,7-13,15H,6,14,16-17H2,1H3,(H,27,28)(H2,24,25,26);1H. The van der Waals surface area contributed by atoms with Gasteiger partial charge in [0.2, 0.25) is 0 Å². The van der Waals surface area contributed by atoms with E-state index in [1.165, 1.54) is 6.26 Å². The summed E-state index contributed by atoms with van der Waals surface area (Å²) in [4.78, 5) is 16.2. The molecule has 1 amide bonds. The topological polar surface area (TPSA) is 87.9 Å². The van der Waals surface area contributed by atoms with Gasteiger partial charge >= 0.3 is 0 Å². The lowest BCUT2D eigenvalue weighted by atomic mass is 10.2. The molecule has 7 nitrogen and oxygen atoms in total. The Balaban J connectivity index is 0.00000341. The highest BCUT2D eigenvalue weighted by Crippen LogP contribution is 2.12. The predicted octanol–water partition coefficient (Wildman–Crippen LogP) is 4.28. The summed E-state index contributed by atoms with van der Waals surface area (Å²) in [5.41, 5.74) is 1.78. The average molecular weight is 534 g/mol. The van der Waals surface area contributed by atoms with E-state index in [0.717, 1.165) is 30.2 Å². The molecule has 164 valence electrons. The number of halogens is 1. The number of nitrogens with one attached hydrogen (secondary N) is 3. The minimum atomic E-state index is -0.272. The summed E-state index contributed by atoms with van der Waals surface area (Å²) < 4.78 is 10.8. The van der Waals surface area contributed by atoms with Crippen LogP contribution in [0.15, 0.2) is 82.4 Å². The molecule has 0 fully saturated rings. The van der Waals surface area contributed by atoms with Gasteiger partial charge in [0.15, 0.2) is 11.7 Å². The molecular formula is C23H27IN4O3. The molecule has 0 bridgehead atoms. The zero-order valence-corrected chi connectivity index (χ0v) is 19.7. The number of amides is 1. The molecule has 3 aromatic rings. The van der Waals surface area contributed by atoms with Crippen LogP contribution in [0, 0.1) is 0 Å². The molecule has 0 saturated heterocycles. The number of anilines is 1. The van der Waals surface area contributed by atoms with Crippen molar-refractivity contribution >= 4 is 41.5 Å². The second-order valence-electron chi connectivity index (χ2n) is 6.50. The Labute approximate surface area is 199 Å². The number of ether oxygens (including phenoxy) is 1. The predicted molar refractivity (Wildman–Crippen MR) is 133 cm³/mol. The van der Waals surface area contributed by atoms with Crippen LogP contribution in [0.5, 0.6) is 5.75 Å². The lowest BCUT2D eigenvalue weighted by molar-refractivity contribution is 0.0996. The summed E-state index contributed by atoms with van der Waals surface area (Å²) in [5.74, 6) is 1.62. The molecule has 3 rings (SSSR count). The third kappa shape index (κ3) is 8.33. The highest BCUT2D eigenvalue weighted by molar-refractivity contribution is 14.0. The van der Waals surface area contributed by atoms with E-state index < -0.39 is 0 Å². The fourth-order valence-corrected chi connectivity index (χ4v) is 2.70. The van der Waals surface area contributed by atoms with Gasteiger partial charge in [-0.05, 0) is 48.4 Å². The van der Waals surface area contributed by atoms with Crippen LogP contribution in [0.3, 0.4) is 0 Å². The van der Waals surface area contributed by atoms with Crippen LogP contribution in [0.2, 0.25) is 0 Å². The number of benzene rings is 2. The van der Waals surface area contributed by atoms with E-state index in [1.807, 2.05) is 54.6 Å². The van der Waals surface area contributed by atoms with Crippen molar-refractivity contribution in [1.82, 2.24) is 10.6 Å². The van der Waals surface area contributed by atoms with E-state index in [1.54, 1.807) is 19.2 Å². The Morgan fingerprint density at radius 1 is 1.00 bits per heavy atom. The highest BCUT2D eigenvalue weighted by Gasteiger charge is 2.08. The zero-order chi connectivity index (χ0) is 21.0. The molecule has 0 radical (unpaired) electrons. The maximum absolute atomic E-state index is 12.0. The monoisotopic (exact) mass is 534 g/mol. The van der Waals surface area contributed by atoms with Crippen LogP contribution in [0.25, 0.3) is 0 Å². The first-order valence-electron chi connectivity index (χ1n) is 9.81. The Kier molecular flexibility index (Phi) is 10.4. The molecule has 0 unspecified atom stereocenters. The van der Waals surface area contributed by atoms with Crippen molar-refractivity contribution in [3.63, 3.8) is 0 Å². The van der Waals surface area contributed by atoms with Gasteiger partial charge in [0.05, 0.1) is 12.9 Å². The second-order valence-corrected chi connectivity index (χ2v) is 6.50. The number of hydrogen-bond acceptors (Lipinski definition) is 4. The van der Waals surface area contributed by atoms with E-state index in [4.69, 9.17) is 9.15 Å². The van der Waals surface area contributed by atoms with E-state index in [-0.39, 0.29) is 35.6 Å². The summed E-state index contributed by atoms with van der Waals surface area (Å²) >= 11 is 0. The lowest BCUT2D eigenvalue weighted by Crippen LogP contribution is -2.37. The molecule has 0 aliphatic carbocycles. The highest BCUT2D eigenvalue weighted by atomic mass is 127. The molecule has 2 aromatic carbocycles. The van der Waals surface area contributed by atoms with Crippen molar-refractivity contribution in [2.24, 2.45) is 4.99 Å². The first-order valence-corrected chi connectivity index (χ1v) is 9.81. The summed E-state index contributed by atoms with van der Waals surface area (Å²) in [5, 5.41) is 9.34. The summed E-state index contributed by atoms with van der Waals surface area (Å²) in [7, 11) is 1.74. The van der Waals surface area contributed by atoms with E-state index in [2.05, 4.69) is 20.9 Å². The van der Waals surface area contributed by atoms with Crippen LogP contribution in [-0.2, 0) is 6.54 Å². The van der Waals surface area contributed by atoms with Gasteiger partial charge in [0.25, 0.3) is 5.91 Å². The third-order valence-electron chi connectivity index (χ3n) is 4.27. The fourth-order valence-electron chi connectivity index (χ4n) is 2.70. The number of rotatable bonds is 9. The first kappa shape index (κ1) is 24.3. The van der Waals surface area contributed by atoms with Gasteiger partial charge in [-0.15, -0.1) is 24.0 Å². The number of nitrogens with zero attached hydrogens (tertiary/aromatic N) is 1. The molecule has 8 heteroatoms. The number of guanidine groups is 1. The van der Waals surface area contributed by atoms with Crippen LogP contribution in [0.1, 0.15) is 22.5 Å². The minimum absolute atomic E-state index is 0. The molecular weight excluding hydrogens is 507 g/mol. The largest absolute Gasteiger partial charge is 0.494 e. The molecule has 31 heavy (non-hydrogen) atoms. The molecule has 0 aliphatic rings. The molecule has 0 atom stereocenters. The van der Waals surface area contributed by atoms with Crippen molar-refractivity contribution in [3.8, 4) is 5.75 Å². The maximum Gasteiger partial charge on any atom is 0.291 e. The van der Waals surface area contributed by atoms with Crippen molar-refractivity contribution in [1.29, 1.82) is 0 Å². The van der Waals surface area contributed by atoms with Gasteiger partial charge in [-0.1, -0.05) is 30.3 Å².